The van der Waals surface area contributed by atoms with Gasteiger partial charge < -0.3 is 16.5 Å². The van der Waals surface area contributed by atoms with Crippen molar-refractivity contribution in [2.24, 2.45) is 0 Å². The fourth-order valence-electron chi connectivity index (χ4n) is 10.0. The van der Waals surface area contributed by atoms with E-state index in [2.05, 4.69) is 108 Å². The van der Waals surface area contributed by atoms with Crippen LogP contribution in [0.15, 0.2) is 0 Å². The third kappa shape index (κ3) is 18.5. The fraction of sp³-hybridized carbons (Fsp3) is 1.00. The Bertz CT molecular complexity index is 759. The van der Waals surface area contributed by atoms with Crippen molar-refractivity contribution in [2.75, 3.05) is 0 Å². The first-order valence-electron chi connectivity index (χ1n) is 23.9. The second kappa shape index (κ2) is 29.7. The van der Waals surface area contributed by atoms with Crippen LogP contribution in [0.4, 0.5) is 0 Å². The van der Waals surface area contributed by atoms with E-state index in [1.807, 2.05) is 0 Å². The van der Waals surface area contributed by atoms with Gasteiger partial charge in [0.2, 0.25) is 14.9 Å². The minimum Gasteiger partial charge on any atom is -0.436 e. The maximum atomic E-state index is 8.37. The van der Waals surface area contributed by atoms with Gasteiger partial charge in [0.15, 0.2) is 16.6 Å². The smallest absolute Gasteiger partial charge is 0.318 e. The first-order chi connectivity index (χ1) is 25.4. The highest BCUT2D eigenvalue weighted by Gasteiger charge is 2.57. The van der Waals surface area contributed by atoms with E-state index < -0.39 is 48.7 Å². The normalized spacial score (nSPS) is 13.7. The number of rotatable bonds is 38. The van der Waals surface area contributed by atoms with Crippen molar-refractivity contribution in [3.63, 3.8) is 0 Å². The van der Waals surface area contributed by atoms with Gasteiger partial charge in [-0.05, 0) is 84.6 Å². The highest BCUT2D eigenvalue weighted by atomic mass is 32.5. The topological polar surface area (TPSA) is 36.9 Å². The molecule has 0 atom stereocenters. The third-order valence-corrected chi connectivity index (χ3v) is 55.8. The lowest BCUT2D eigenvalue weighted by molar-refractivity contribution is 0.357. The summed E-state index contributed by atoms with van der Waals surface area (Å²) in [5.41, 5.74) is 0. The molecule has 0 unspecified atom stereocenters. The Hall–Kier alpha value is 1.49. The van der Waals surface area contributed by atoms with Crippen LogP contribution in [0.5, 0.6) is 0 Å². The van der Waals surface area contributed by atoms with Crippen molar-refractivity contribution in [3.8, 4) is 0 Å². The molecule has 0 aliphatic rings. The lowest BCUT2D eigenvalue weighted by Crippen LogP contribution is -2.62. The van der Waals surface area contributed by atoms with Crippen molar-refractivity contribution in [2.45, 2.75) is 271 Å². The Kier molecular flexibility index (Phi) is 30.5. The Morgan fingerprint density at radius 1 is 0.245 bits per heavy atom. The van der Waals surface area contributed by atoms with Crippen LogP contribution in [0, 0.1) is 0 Å². The quantitative estimate of drug-likeness (QED) is 0.0578. The average molecular weight is 868 g/mol. The molecule has 0 aromatic carbocycles. The molecule has 0 rings (SSSR count). The zero-order valence-corrected chi connectivity index (χ0v) is 45.7. The summed E-state index contributed by atoms with van der Waals surface area (Å²) < 4.78 is 32.9. The average Bonchev–Trinajstić information content (AvgIpc) is 3.06. The minimum absolute atomic E-state index is 1.17. The molecule has 0 aliphatic carbocycles. The standard InChI is InChI=1S/C42H98O4SSi6/c1-15-29-48(30-16-2,31-17-3)43-50(35-21-7,36-22-8)45-52(39-25-11,40-26-12)47-53(41-27-13,42-28-14)46-51(37-23-9,38-24-10)44-49(32-18-4,33-19-5)34-20-6/h15-42H2,1-14H3. The predicted octanol–water partition coefficient (Wildman–Crippen LogP) is 17.2. The number of hydrogen-bond donors (Lipinski definition) is 0. The van der Waals surface area contributed by atoms with Crippen LogP contribution < -0.4 is 0 Å². The van der Waals surface area contributed by atoms with Gasteiger partial charge >= 0.3 is 17.1 Å². The molecule has 0 aliphatic heterocycles. The van der Waals surface area contributed by atoms with Crippen LogP contribution in [0.1, 0.15) is 187 Å². The third-order valence-electron chi connectivity index (χ3n) is 11.2. The second-order valence-corrected chi connectivity index (χ2v) is 46.4. The van der Waals surface area contributed by atoms with Gasteiger partial charge in [-0.3, -0.25) is 0 Å². The zero-order valence-electron chi connectivity index (χ0n) is 38.8. The van der Waals surface area contributed by atoms with Gasteiger partial charge in [0.1, 0.15) is 0 Å². The van der Waals surface area contributed by atoms with Crippen molar-refractivity contribution >= 4 is 59.4 Å². The highest BCUT2D eigenvalue weighted by Crippen LogP contribution is 2.50. The van der Waals surface area contributed by atoms with Crippen LogP contribution in [-0.2, 0) is 16.5 Å². The molecule has 0 amide bonds. The maximum absolute atomic E-state index is 8.37. The van der Waals surface area contributed by atoms with Gasteiger partial charge in [-0.25, -0.2) is 0 Å². The summed E-state index contributed by atoms with van der Waals surface area (Å²) in [5, 5.41) is 0. The monoisotopic (exact) mass is 867 g/mol. The lowest BCUT2D eigenvalue weighted by atomic mass is 10.6. The largest absolute Gasteiger partial charge is 0.436 e. The molecule has 0 aromatic heterocycles. The second-order valence-electron chi connectivity index (χ2n) is 17.0. The molecular weight excluding hydrogens is 769 g/mol. The SMILES string of the molecule is CCC[Si](CCC)(CCC)O[Si](CCC)(CCC)O[Si](CCC)(CCC)S[Si](CCC)(CCC)O[Si](CCC)(CCC)O[Si](CCC)(CCC)CCC. The Balaban J connectivity index is 7.82. The van der Waals surface area contributed by atoms with E-state index in [0.29, 0.717) is 0 Å². The molecule has 0 saturated heterocycles. The van der Waals surface area contributed by atoms with E-state index in [4.69, 9.17) is 16.5 Å². The Morgan fingerprint density at radius 2 is 0.434 bits per heavy atom. The van der Waals surface area contributed by atoms with Crippen molar-refractivity contribution < 1.29 is 16.5 Å². The molecular formula is C42H98O4SSi6. The van der Waals surface area contributed by atoms with Crippen LogP contribution in [0.25, 0.3) is 0 Å². The van der Waals surface area contributed by atoms with Gasteiger partial charge in [0.25, 0.3) is 0 Å². The van der Waals surface area contributed by atoms with E-state index in [0.717, 1.165) is 0 Å². The van der Waals surface area contributed by atoms with Gasteiger partial charge in [-0.2, -0.15) is 10.7 Å². The molecule has 0 N–H and O–H groups in total. The van der Waals surface area contributed by atoms with Gasteiger partial charge in [0, 0.05) is 0 Å². The molecule has 0 heterocycles. The Morgan fingerprint density at radius 3 is 0.604 bits per heavy atom. The summed E-state index contributed by atoms with van der Waals surface area (Å²) in [4.78, 5) is 0. The van der Waals surface area contributed by atoms with E-state index >= 15 is 0 Å². The van der Waals surface area contributed by atoms with Gasteiger partial charge in [-0.15, -0.1) is 0 Å². The molecule has 0 radical (unpaired) electrons. The highest BCUT2D eigenvalue weighted by molar-refractivity contribution is 8.49. The minimum atomic E-state index is -2.50. The van der Waals surface area contributed by atoms with E-state index in [1.165, 1.54) is 175 Å². The van der Waals surface area contributed by atoms with E-state index in [1.54, 1.807) is 0 Å². The van der Waals surface area contributed by atoms with Crippen LogP contribution in [0.3, 0.4) is 0 Å². The summed E-state index contributed by atoms with van der Waals surface area (Å²) in [5.74, 6) is 0. The van der Waals surface area contributed by atoms with E-state index in [9.17, 15) is 0 Å². The van der Waals surface area contributed by atoms with Crippen LogP contribution in [0.2, 0.25) is 84.6 Å². The summed E-state index contributed by atoms with van der Waals surface area (Å²) >= 11 is 0. The first kappa shape index (κ1) is 54.5. The molecule has 0 bridgehead atoms. The number of hydrogen-bond acceptors (Lipinski definition) is 5. The fourth-order valence-corrected chi connectivity index (χ4v) is 66.9. The molecule has 53 heavy (non-hydrogen) atoms. The van der Waals surface area contributed by atoms with Crippen molar-refractivity contribution in [1.82, 2.24) is 0 Å². The zero-order chi connectivity index (χ0) is 40.3. The molecule has 0 spiro atoms. The van der Waals surface area contributed by atoms with Gasteiger partial charge in [-0.1, -0.05) is 187 Å². The molecule has 4 nitrogen and oxygen atoms in total. The molecule has 0 aromatic rings. The van der Waals surface area contributed by atoms with Crippen molar-refractivity contribution in [1.29, 1.82) is 0 Å². The lowest BCUT2D eigenvalue weighted by Gasteiger charge is -2.51. The molecule has 0 saturated carbocycles. The van der Waals surface area contributed by atoms with Crippen molar-refractivity contribution in [3.05, 3.63) is 0 Å². The summed E-state index contributed by atoms with van der Waals surface area (Å²) in [7, 11) is -11.1. The van der Waals surface area contributed by atoms with Crippen LogP contribution >= 0.6 is 10.7 Å². The maximum Gasteiger partial charge on any atom is 0.318 e. The molecule has 11 heteroatoms. The predicted molar refractivity (Wildman–Crippen MR) is 258 cm³/mol. The summed E-state index contributed by atoms with van der Waals surface area (Å²) in [6.45, 7) is 33.8. The van der Waals surface area contributed by atoms with E-state index in [-0.39, 0.29) is 0 Å². The molecule has 0 fully saturated rings. The Labute approximate surface area is 345 Å². The molecule has 320 valence electrons. The summed E-state index contributed by atoms with van der Waals surface area (Å²) in [6.07, 6.45) is 17.0. The first-order valence-corrected chi connectivity index (χ1v) is 40.3. The summed E-state index contributed by atoms with van der Waals surface area (Å²) in [6, 6.07) is 17.4. The van der Waals surface area contributed by atoms with Gasteiger partial charge in [0.05, 0.1) is 0 Å². The van der Waals surface area contributed by atoms with Crippen LogP contribution in [-0.4, -0.2) is 48.7 Å².